The van der Waals surface area contributed by atoms with Crippen molar-refractivity contribution in [2.24, 2.45) is 5.92 Å². The number of H-pyrrole nitrogens is 2. The van der Waals surface area contributed by atoms with E-state index in [0.717, 1.165) is 16.8 Å². The topological polar surface area (TPSA) is 125 Å². The highest BCUT2D eigenvalue weighted by Crippen LogP contribution is 2.34. The summed E-state index contributed by atoms with van der Waals surface area (Å²) in [5, 5.41) is 10.3. The molecule has 9 nitrogen and oxygen atoms in total. The van der Waals surface area contributed by atoms with Crippen LogP contribution in [0.1, 0.15) is 20.3 Å². The summed E-state index contributed by atoms with van der Waals surface area (Å²) in [5.74, 6) is -0.0667. The van der Waals surface area contributed by atoms with Crippen molar-refractivity contribution in [3.05, 3.63) is 73.1 Å². The van der Waals surface area contributed by atoms with Gasteiger partial charge in [-0.1, -0.05) is 32.0 Å². The van der Waals surface area contributed by atoms with Gasteiger partial charge >= 0.3 is 0 Å². The highest BCUT2D eigenvalue weighted by Gasteiger charge is 2.21. The molecule has 5 aromatic heterocycles. The lowest BCUT2D eigenvalue weighted by Gasteiger charge is -2.09. The lowest BCUT2D eigenvalue weighted by atomic mass is 10.1. The minimum Gasteiger partial charge on any atom is -0.337 e. The quantitative estimate of drug-likeness (QED) is 0.264. The van der Waals surface area contributed by atoms with Crippen molar-refractivity contribution >= 4 is 33.5 Å². The van der Waals surface area contributed by atoms with Crippen LogP contribution in [0.3, 0.4) is 0 Å². The van der Waals surface area contributed by atoms with Crippen LogP contribution in [0.25, 0.3) is 56.0 Å². The molecule has 3 N–H and O–H groups in total. The molecule has 38 heavy (non-hydrogen) atoms. The Labute approximate surface area is 216 Å². The van der Waals surface area contributed by atoms with E-state index in [-0.39, 0.29) is 22.9 Å². The predicted molar refractivity (Wildman–Crippen MR) is 143 cm³/mol. The SMILES string of the molecule is CC(C)CC(=O)Nc1cncc(-c2ncc3[nH]nc(-c4nc5c(-c6ccccn6)cccc5[nH]4)c3c2F)c1. The summed E-state index contributed by atoms with van der Waals surface area (Å²) in [5.41, 5.74) is 4.90. The predicted octanol–water partition coefficient (Wildman–Crippen LogP) is 5.75. The molecule has 188 valence electrons. The third-order valence-corrected chi connectivity index (χ3v) is 6.11. The van der Waals surface area contributed by atoms with Gasteiger partial charge in [0.1, 0.15) is 11.4 Å². The van der Waals surface area contributed by atoms with E-state index in [1.807, 2.05) is 50.2 Å². The van der Waals surface area contributed by atoms with Gasteiger partial charge in [0.15, 0.2) is 11.6 Å². The Morgan fingerprint density at radius 3 is 2.74 bits per heavy atom. The van der Waals surface area contributed by atoms with Crippen molar-refractivity contribution in [3.8, 4) is 34.0 Å². The van der Waals surface area contributed by atoms with Crippen LogP contribution in [0.2, 0.25) is 0 Å². The van der Waals surface area contributed by atoms with E-state index in [0.29, 0.717) is 40.2 Å². The molecule has 0 unspecified atom stereocenters. The molecule has 10 heteroatoms. The number of imidazole rings is 1. The second kappa shape index (κ2) is 9.47. The second-order valence-corrected chi connectivity index (χ2v) is 9.39. The summed E-state index contributed by atoms with van der Waals surface area (Å²) in [6.45, 7) is 3.93. The van der Waals surface area contributed by atoms with Crippen LogP contribution < -0.4 is 5.32 Å². The third-order valence-electron chi connectivity index (χ3n) is 6.11. The summed E-state index contributed by atoms with van der Waals surface area (Å²) < 4.78 is 16.0. The smallest absolute Gasteiger partial charge is 0.224 e. The standard InChI is InChI=1S/C28H23FN8O/c1-15(2)10-22(38)33-17-11-16(12-30-13-17)25-24(29)23-21(14-32-25)36-37-27(23)28-34-20-8-5-6-18(26(20)35-28)19-7-3-4-9-31-19/h3-9,11-15H,10H2,1-2H3,(H,33,38)(H,34,35)(H,36,37). The number of halogens is 1. The Bertz CT molecular complexity index is 1790. The van der Waals surface area contributed by atoms with Crippen LogP contribution in [0.4, 0.5) is 10.1 Å². The third kappa shape index (κ3) is 4.26. The van der Waals surface area contributed by atoms with E-state index < -0.39 is 5.82 Å². The first-order valence-electron chi connectivity index (χ1n) is 12.2. The van der Waals surface area contributed by atoms with Gasteiger partial charge < -0.3 is 10.3 Å². The molecule has 0 spiro atoms. The molecule has 0 aliphatic carbocycles. The minimum atomic E-state index is -0.566. The zero-order valence-electron chi connectivity index (χ0n) is 20.7. The summed E-state index contributed by atoms with van der Waals surface area (Å²) >= 11 is 0. The molecule has 0 atom stereocenters. The number of carbonyl (C=O) groups excluding carboxylic acids is 1. The van der Waals surface area contributed by atoms with E-state index in [1.165, 1.54) is 18.6 Å². The molecular weight excluding hydrogens is 483 g/mol. The Kier molecular flexibility index (Phi) is 5.83. The van der Waals surface area contributed by atoms with Crippen LogP contribution in [-0.2, 0) is 4.79 Å². The highest BCUT2D eigenvalue weighted by molar-refractivity contribution is 5.98. The molecule has 1 amide bonds. The number of aromatic nitrogens is 7. The fraction of sp³-hybridized carbons (Fsp3) is 0.143. The Balaban J connectivity index is 1.42. The number of fused-ring (bicyclic) bond motifs is 2. The van der Waals surface area contributed by atoms with Crippen molar-refractivity contribution in [1.82, 2.24) is 35.1 Å². The number of anilines is 1. The zero-order chi connectivity index (χ0) is 26.2. The molecule has 0 bridgehead atoms. The normalized spacial score (nSPS) is 11.5. The number of hydrogen-bond acceptors (Lipinski definition) is 6. The Morgan fingerprint density at radius 1 is 1.03 bits per heavy atom. The van der Waals surface area contributed by atoms with E-state index in [4.69, 9.17) is 4.98 Å². The minimum absolute atomic E-state index is 0.0953. The van der Waals surface area contributed by atoms with Crippen molar-refractivity contribution in [1.29, 1.82) is 0 Å². The number of amides is 1. The number of hydrogen-bond donors (Lipinski definition) is 3. The molecule has 0 saturated heterocycles. The molecule has 1 aromatic carbocycles. The first-order chi connectivity index (χ1) is 18.5. The van der Waals surface area contributed by atoms with Crippen LogP contribution in [0.15, 0.2) is 67.3 Å². The number of para-hydroxylation sites is 1. The average molecular weight is 507 g/mol. The maximum Gasteiger partial charge on any atom is 0.224 e. The van der Waals surface area contributed by atoms with Crippen molar-refractivity contribution < 1.29 is 9.18 Å². The fourth-order valence-electron chi connectivity index (χ4n) is 4.44. The van der Waals surface area contributed by atoms with Crippen molar-refractivity contribution in [3.63, 3.8) is 0 Å². The number of pyridine rings is 3. The van der Waals surface area contributed by atoms with Crippen LogP contribution in [-0.4, -0.2) is 41.0 Å². The van der Waals surface area contributed by atoms with Gasteiger partial charge in [-0.15, -0.1) is 0 Å². The van der Waals surface area contributed by atoms with Gasteiger partial charge in [0, 0.05) is 29.9 Å². The zero-order valence-corrected chi connectivity index (χ0v) is 20.7. The summed E-state index contributed by atoms with van der Waals surface area (Å²) in [6, 6.07) is 13.1. The molecule has 0 saturated carbocycles. The van der Waals surface area contributed by atoms with E-state index in [9.17, 15) is 4.79 Å². The van der Waals surface area contributed by atoms with Crippen LogP contribution >= 0.6 is 0 Å². The first-order valence-corrected chi connectivity index (χ1v) is 12.2. The van der Waals surface area contributed by atoms with E-state index in [2.05, 4.69) is 35.5 Å². The summed E-state index contributed by atoms with van der Waals surface area (Å²) in [4.78, 5) is 33.2. The summed E-state index contributed by atoms with van der Waals surface area (Å²) in [6.07, 6.45) is 6.66. The van der Waals surface area contributed by atoms with Crippen molar-refractivity contribution in [2.75, 3.05) is 5.32 Å². The van der Waals surface area contributed by atoms with Gasteiger partial charge in [-0.25, -0.2) is 9.37 Å². The number of nitrogens with one attached hydrogen (secondary N) is 3. The molecular formula is C28H23FN8O. The van der Waals surface area contributed by atoms with Gasteiger partial charge in [-0.05, 0) is 30.2 Å². The van der Waals surface area contributed by atoms with E-state index >= 15 is 4.39 Å². The maximum absolute atomic E-state index is 16.0. The molecule has 0 fully saturated rings. The highest BCUT2D eigenvalue weighted by atomic mass is 19.1. The molecule has 0 radical (unpaired) electrons. The monoisotopic (exact) mass is 506 g/mol. The number of nitrogens with zero attached hydrogens (tertiary/aromatic N) is 5. The lowest BCUT2D eigenvalue weighted by Crippen LogP contribution is -2.14. The van der Waals surface area contributed by atoms with Gasteiger partial charge in [0.2, 0.25) is 5.91 Å². The van der Waals surface area contributed by atoms with Gasteiger partial charge in [0.25, 0.3) is 0 Å². The number of benzene rings is 1. The van der Waals surface area contributed by atoms with Crippen LogP contribution in [0, 0.1) is 11.7 Å². The average Bonchev–Trinajstić information content (AvgIpc) is 3.54. The van der Waals surface area contributed by atoms with Gasteiger partial charge in [-0.3, -0.25) is 24.8 Å². The first kappa shape index (κ1) is 23.4. The fourth-order valence-corrected chi connectivity index (χ4v) is 4.44. The van der Waals surface area contributed by atoms with Crippen LogP contribution in [0.5, 0.6) is 0 Å². The number of carbonyl (C=O) groups is 1. The Hall–Kier alpha value is -4.99. The molecule has 6 rings (SSSR count). The lowest BCUT2D eigenvalue weighted by molar-refractivity contribution is -0.116. The second-order valence-electron chi connectivity index (χ2n) is 9.39. The molecule has 0 aliphatic rings. The van der Waals surface area contributed by atoms with Gasteiger partial charge in [-0.2, -0.15) is 5.10 Å². The number of aromatic amines is 2. The van der Waals surface area contributed by atoms with Crippen molar-refractivity contribution in [2.45, 2.75) is 20.3 Å². The molecule has 5 heterocycles. The van der Waals surface area contributed by atoms with Gasteiger partial charge in [0.05, 0.1) is 45.7 Å². The summed E-state index contributed by atoms with van der Waals surface area (Å²) in [7, 11) is 0. The molecule has 0 aliphatic heterocycles. The Morgan fingerprint density at radius 2 is 1.92 bits per heavy atom. The number of rotatable bonds is 6. The van der Waals surface area contributed by atoms with E-state index in [1.54, 1.807) is 12.3 Å². The molecule has 6 aromatic rings. The largest absolute Gasteiger partial charge is 0.337 e. The maximum atomic E-state index is 16.0.